The Hall–Kier alpha value is -1.96. The summed E-state index contributed by atoms with van der Waals surface area (Å²) in [5, 5.41) is 11.0. The highest BCUT2D eigenvalue weighted by molar-refractivity contribution is 7.04. The zero-order valence-electron chi connectivity index (χ0n) is 13.4. The molecular formula is C16H19N5O2S. The Morgan fingerprint density at radius 1 is 1.38 bits per heavy atom. The van der Waals surface area contributed by atoms with Crippen LogP contribution in [0.3, 0.4) is 0 Å². The third-order valence-corrected chi connectivity index (χ3v) is 6.46. The van der Waals surface area contributed by atoms with Crippen molar-refractivity contribution < 1.29 is 9.90 Å². The van der Waals surface area contributed by atoms with E-state index < -0.39 is 5.97 Å². The lowest BCUT2D eigenvalue weighted by molar-refractivity contribution is -0.137. The highest BCUT2D eigenvalue weighted by Gasteiger charge is 2.56. The Kier molecular flexibility index (Phi) is 3.01. The Balaban J connectivity index is 1.43. The molecule has 4 heterocycles. The Morgan fingerprint density at radius 2 is 2.17 bits per heavy atom. The van der Waals surface area contributed by atoms with E-state index >= 15 is 0 Å². The zero-order valence-corrected chi connectivity index (χ0v) is 14.2. The van der Waals surface area contributed by atoms with E-state index in [4.69, 9.17) is 10.1 Å². The van der Waals surface area contributed by atoms with Crippen LogP contribution >= 0.6 is 11.5 Å². The lowest BCUT2D eigenvalue weighted by Crippen LogP contribution is -2.46. The Morgan fingerprint density at radius 3 is 2.79 bits per heavy atom. The van der Waals surface area contributed by atoms with Crippen LogP contribution in [0.1, 0.15) is 19.8 Å². The molecule has 0 bridgehead atoms. The van der Waals surface area contributed by atoms with Crippen molar-refractivity contribution >= 4 is 40.3 Å². The maximum atomic E-state index is 10.9. The number of hydrogen-bond donors (Lipinski definition) is 1. The molecule has 8 heteroatoms. The topological polar surface area (TPSA) is 82.5 Å². The summed E-state index contributed by atoms with van der Waals surface area (Å²) >= 11 is 1.42. The van der Waals surface area contributed by atoms with Crippen LogP contribution in [0.4, 0.5) is 11.8 Å². The lowest BCUT2D eigenvalue weighted by Gasteiger charge is -2.39. The first-order chi connectivity index (χ1) is 11.6. The number of fused-ring (bicyclic) bond motifs is 2. The number of anilines is 2. The second-order valence-electron chi connectivity index (χ2n) is 7.22. The summed E-state index contributed by atoms with van der Waals surface area (Å²) in [4.78, 5) is 25.0. The predicted octanol–water partition coefficient (Wildman–Crippen LogP) is 1.84. The maximum Gasteiger partial charge on any atom is 0.303 e. The van der Waals surface area contributed by atoms with Crippen LogP contribution in [0.5, 0.6) is 0 Å². The van der Waals surface area contributed by atoms with Gasteiger partial charge in [0.15, 0.2) is 5.82 Å². The molecule has 0 radical (unpaired) electrons. The molecule has 7 nitrogen and oxygen atoms in total. The molecule has 24 heavy (non-hydrogen) atoms. The number of aromatic nitrogens is 3. The molecule has 126 valence electrons. The number of carboxylic acids is 1. The molecule has 5 rings (SSSR count). The van der Waals surface area contributed by atoms with Gasteiger partial charge in [0.25, 0.3) is 0 Å². The predicted molar refractivity (Wildman–Crippen MR) is 91.6 cm³/mol. The number of hydrogen-bond acceptors (Lipinski definition) is 7. The van der Waals surface area contributed by atoms with E-state index in [1.54, 1.807) is 0 Å². The van der Waals surface area contributed by atoms with Gasteiger partial charge in [0.2, 0.25) is 5.95 Å². The van der Waals surface area contributed by atoms with Crippen molar-refractivity contribution in [2.24, 2.45) is 17.8 Å². The molecule has 2 aromatic heterocycles. The SMILES string of the molecule is C[C@H]1CCN1c1nc(N2C[C@@H]3[C@@H](CC(=O)O)[C@@H]3C2)c2nscc2n1. The fraction of sp³-hybridized carbons (Fsp3) is 0.625. The molecule has 1 saturated carbocycles. The standard InChI is InChI=1S/C16H19N5O2S/c1-8-2-3-21(8)16-17-12-7-24-19-14(12)15(18-16)20-5-10-9(4-13(22)23)11(10)6-20/h7-11H,2-6H2,1H3,(H,22,23)/t8-,9-,10-,11+/m0/s1. The molecule has 0 amide bonds. The minimum Gasteiger partial charge on any atom is -0.481 e. The zero-order chi connectivity index (χ0) is 16.4. The molecule has 0 unspecified atom stereocenters. The Labute approximate surface area is 143 Å². The third kappa shape index (κ3) is 2.08. The molecule has 2 saturated heterocycles. The van der Waals surface area contributed by atoms with Gasteiger partial charge < -0.3 is 14.9 Å². The van der Waals surface area contributed by atoms with Crippen LogP contribution in [-0.4, -0.2) is 51.1 Å². The summed E-state index contributed by atoms with van der Waals surface area (Å²) in [5.41, 5.74) is 1.80. The van der Waals surface area contributed by atoms with E-state index in [0.717, 1.165) is 42.4 Å². The average Bonchev–Trinajstić information content (AvgIpc) is 2.97. The second-order valence-corrected chi connectivity index (χ2v) is 7.85. The van der Waals surface area contributed by atoms with Crippen molar-refractivity contribution in [3.63, 3.8) is 0 Å². The lowest BCUT2D eigenvalue weighted by atomic mass is 10.1. The molecule has 2 aromatic rings. The molecular weight excluding hydrogens is 326 g/mol. The third-order valence-electron chi connectivity index (χ3n) is 5.85. The first-order valence-electron chi connectivity index (χ1n) is 8.47. The van der Waals surface area contributed by atoms with E-state index in [2.05, 4.69) is 26.1 Å². The van der Waals surface area contributed by atoms with E-state index in [9.17, 15) is 4.79 Å². The van der Waals surface area contributed by atoms with Gasteiger partial charge in [-0.05, 0) is 42.6 Å². The van der Waals surface area contributed by atoms with Gasteiger partial charge >= 0.3 is 5.97 Å². The fourth-order valence-corrected chi connectivity index (χ4v) is 4.83. The van der Waals surface area contributed by atoms with Crippen LogP contribution < -0.4 is 9.80 Å². The molecule has 2 aliphatic heterocycles. The Bertz CT molecular complexity index is 812. The summed E-state index contributed by atoms with van der Waals surface area (Å²) in [5.74, 6) is 2.39. The smallest absolute Gasteiger partial charge is 0.303 e. The van der Waals surface area contributed by atoms with Gasteiger partial charge in [-0.3, -0.25) is 4.79 Å². The summed E-state index contributed by atoms with van der Waals surface area (Å²) in [6, 6.07) is 0.494. The second kappa shape index (κ2) is 5.02. The molecule has 4 atom stereocenters. The molecule has 3 aliphatic rings. The molecule has 3 fully saturated rings. The molecule has 1 N–H and O–H groups in total. The van der Waals surface area contributed by atoms with Gasteiger partial charge in [0, 0.05) is 37.5 Å². The van der Waals surface area contributed by atoms with Crippen LogP contribution in [-0.2, 0) is 4.79 Å². The van der Waals surface area contributed by atoms with E-state index in [1.807, 2.05) is 5.38 Å². The first-order valence-corrected chi connectivity index (χ1v) is 9.31. The van der Waals surface area contributed by atoms with Crippen molar-refractivity contribution in [3.8, 4) is 0 Å². The van der Waals surface area contributed by atoms with Gasteiger partial charge in [0.1, 0.15) is 11.0 Å². The maximum absolute atomic E-state index is 10.9. The van der Waals surface area contributed by atoms with Gasteiger partial charge in [0.05, 0.1) is 0 Å². The fourth-order valence-electron chi connectivity index (χ4n) is 4.24. The summed E-state index contributed by atoms with van der Waals surface area (Å²) in [6.07, 6.45) is 1.49. The number of nitrogens with zero attached hydrogens (tertiary/aromatic N) is 5. The normalized spacial score (nSPS) is 31.2. The monoisotopic (exact) mass is 345 g/mol. The quantitative estimate of drug-likeness (QED) is 0.905. The van der Waals surface area contributed by atoms with E-state index in [1.165, 1.54) is 18.0 Å². The van der Waals surface area contributed by atoms with Crippen LogP contribution in [0.2, 0.25) is 0 Å². The van der Waals surface area contributed by atoms with Crippen molar-refractivity contribution in [2.75, 3.05) is 29.4 Å². The number of rotatable bonds is 4. The van der Waals surface area contributed by atoms with Crippen molar-refractivity contribution in [1.29, 1.82) is 0 Å². The van der Waals surface area contributed by atoms with Gasteiger partial charge in [-0.25, -0.2) is 4.98 Å². The minimum absolute atomic E-state index is 0.301. The van der Waals surface area contributed by atoms with Crippen LogP contribution in [0.25, 0.3) is 11.0 Å². The summed E-state index contributed by atoms with van der Waals surface area (Å²) < 4.78 is 4.50. The first kappa shape index (κ1) is 14.4. The van der Waals surface area contributed by atoms with Crippen molar-refractivity contribution in [3.05, 3.63) is 5.38 Å². The van der Waals surface area contributed by atoms with Gasteiger partial charge in [-0.15, -0.1) is 0 Å². The largest absolute Gasteiger partial charge is 0.481 e. The molecule has 1 aliphatic carbocycles. The van der Waals surface area contributed by atoms with E-state index in [-0.39, 0.29) is 0 Å². The number of piperidine rings is 1. The van der Waals surface area contributed by atoms with Crippen LogP contribution in [0, 0.1) is 17.8 Å². The van der Waals surface area contributed by atoms with Gasteiger partial charge in [-0.2, -0.15) is 9.36 Å². The molecule has 0 aromatic carbocycles. The van der Waals surface area contributed by atoms with Crippen molar-refractivity contribution in [2.45, 2.75) is 25.8 Å². The average molecular weight is 345 g/mol. The van der Waals surface area contributed by atoms with Gasteiger partial charge in [-0.1, -0.05) is 0 Å². The highest BCUT2D eigenvalue weighted by Crippen LogP contribution is 2.54. The minimum atomic E-state index is -0.682. The van der Waals surface area contributed by atoms with E-state index in [0.29, 0.717) is 30.2 Å². The summed E-state index contributed by atoms with van der Waals surface area (Å²) in [7, 11) is 0. The molecule has 0 spiro atoms. The number of aliphatic carboxylic acids is 1. The van der Waals surface area contributed by atoms with Crippen LogP contribution in [0.15, 0.2) is 5.38 Å². The number of carboxylic acid groups (broad SMARTS) is 1. The summed E-state index contributed by atoms with van der Waals surface area (Å²) in [6.45, 7) is 4.99. The highest BCUT2D eigenvalue weighted by atomic mass is 32.1. The number of carbonyl (C=O) groups is 1. The van der Waals surface area contributed by atoms with Crippen molar-refractivity contribution in [1.82, 2.24) is 14.3 Å².